The number of nitrogens with zero attached hydrogens (tertiary/aromatic N) is 4. The minimum atomic E-state index is -2.86. The Morgan fingerprint density at radius 1 is 1.15 bits per heavy atom. The smallest absolute Gasteiger partial charge is 0.387 e. The van der Waals surface area contributed by atoms with Crippen LogP contribution in [-0.2, 0) is 13.1 Å². The molecule has 0 amide bonds. The number of halogens is 3. The number of benzene rings is 1. The molecule has 0 radical (unpaired) electrons. The number of hydrogen-bond donors (Lipinski definition) is 2. The van der Waals surface area contributed by atoms with Gasteiger partial charge in [0.05, 0.1) is 6.54 Å². The predicted molar refractivity (Wildman–Crippen MR) is 139 cm³/mol. The molecule has 0 unspecified atom stereocenters. The van der Waals surface area contributed by atoms with Crippen molar-refractivity contribution in [2.24, 2.45) is 4.99 Å². The fourth-order valence-corrected chi connectivity index (χ4v) is 3.52. The van der Waals surface area contributed by atoms with Crippen LogP contribution in [0.1, 0.15) is 23.6 Å². The van der Waals surface area contributed by atoms with Gasteiger partial charge in [-0.25, -0.2) is 9.98 Å². The van der Waals surface area contributed by atoms with Gasteiger partial charge in [0.15, 0.2) is 5.96 Å². The Hall–Kier alpha value is -2.21. The van der Waals surface area contributed by atoms with Gasteiger partial charge in [-0.15, -0.1) is 24.0 Å². The van der Waals surface area contributed by atoms with Crippen molar-refractivity contribution < 1.29 is 13.5 Å². The molecule has 1 aliphatic heterocycles. The van der Waals surface area contributed by atoms with Crippen molar-refractivity contribution in [1.82, 2.24) is 20.5 Å². The number of aliphatic imine (C=N–C) groups is 1. The molecule has 182 valence electrons. The van der Waals surface area contributed by atoms with E-state index in [4.69, 9.17) is 0 Å². The number of hydrogen-bond acceptors (Lipinski definition) is 5. The molecular weight excluding hydrogens is 541 g/mol. The summed E-state index contributed by atoms with van der Waals surface area (Å²) < 4.78 is 30.1. The van der Waals surface area contributed by atoms with Gasteiger partial charge in [-0.3, -0.25) is 0 Å². The second-order valence-corrected chi connectivity index (χ2v) is 7.85. The zero-order valence-electron chi connectivity index (χ0n) is 19.4. The average Bonchev–Trinajstić information content (AvgIpc) is 2.77. The van der Waals surface area contributed by atoms with E-state index in [2.05, 4.69) is 48.3 Å². The fraction of sp³-hybridized carbons (Fsp3) is 0.478. The molecule has 1 fully saturated rings. The molecule has 0 aliphatic carbocycles. The summed E-state index contributed by atoms with van der Waals surface area (Å²) in [6.07, 6.45) is 1.82. The highest BCUT2D eigenvalue weighted by Crippen LogP contribution is 2.22. The van der Waals surface area contributed by atoms with Crippen LogP contribution in [0.25, 0.3) is 0 Å². The third-order valence-electron chi connectivity index (χ3n) is 5.28. The molecule has 1 saturated heterocycles. The molecule has 0 spiro atoms. The van der Waals surface area contributed by atoms with Crippen LogP contribution < -0.4 is 20.3 Å². The van der Waals surface area contributed by atoms with Crippen LogP contribution in [0.5, 0.6) is 5.75 Å². The lowest BCUT2D eigenvalue weighted by Crippen LogP contribution is -2.44. The quantitative estimate of drug-likeness (QED) is 0.286. The number of rotatable bonds is 8. The number of aromatic nitrogens is 1. The number of aryl methyl sites for hydroxylation is 1. The van der Waals surface area contributed by atoms with Gasteiger partial charge in [0.1, 0.15) is 11.6 Å². The summed E-state index contributed by atoms with van der Waals surface area (Å²) in [4.78, 5) is 13.8. The maximum absolute atomic E-state index is 12.7. The van der Waals surface area contributed by atoms with E-state index in [1.54, 1.807) is 12.1 Å². The van der Waals surface area contributed by atoms with Gasteiger partial charge in [-0.2, -0.15) is 8.78 Å². The zero-order chi connectivity index (χ0) is 22.9. The Kier molecular flexibility index (Phi) is 11.0. The largest absolute Gasteiger partial charge is 0.434 e. The van der Waals surface area contributed by atoms with Crippen LogP contribution in [0.4, 0.5) is 14.6 Å². The van der Waals surface area contributed by atoms with Crippen molar-refractivity contribution in [2.45, 2.75) is 33.5 Å². The number of piperazine rings is 1. The highest BCUT2D eigenvalue weighted by Gasteiger charge is 2.15. The van der Waals surface area contributed by atoms with Crippen LogP contribution in [0.3, 0.4) is 0 Å². The maximum atomic E-state index is 12.7. The van der Waals surface area contributed by atoms with Crippen LogP contribution in [0, 0.1) is 6.92 Å². The summed E-state index contributed by atoms with van der Waals surface area (Å²) in [7, 11) is 2.13. The second-order valence-electron chi connectivity index (χ2n) is 7.85. The molecule has 1 aliphatic rings. The van der Waals surface area contributed by atoms with Gasteiger partial charge in [0, 0.05) is 51.0 Å². The second kappa shape index (κ2) is 13.5. The normalized spacial score (nSPS) is 14.7. The first-order chi connectivity index (χ1) is 15.4. The van der Waals surface area contributed by atoms with Crippen LogP contribution in [-0.4, -0.2) is 62.2 Å². The Morgan fingerprint density at radius 2 is 1.91 bits per heavy atom. The van der Waals surface area contributed by atoms with Gasteiger partial charge < -0.3 is 25.2 Å². The summed E-state index contributed by atoms with van der Waals surface area (Å²) in [6.45, 7) is 6.47. The third kappa shape index (κ3) is 8.58. The van der Waals surface area contributed by atoms with Crippen molar-refractivity contribution >= 4 is 35.8 Å². The minimum Gasteiger partial charge on any atom is -0.434 e. The summed E-state index contributed by atoms with van der Waals surface area (Å²) in [5.74, 6) is 1.74. The molecule has 7 nitrogen and oxygen atoms in total. The number of alkyl halides is 2. The molecule has 0 bridgehead atoms. The average molecular weight is 574 g/mol. The molecular formula is C23H33F2IN6O. The lowest BCUT2D eigenvalue weighted by Gasteiger charge is -2.33. The van der Waals surface area contributed by atoms with Crippen LogP contribution in [0.15, 0.2) is 41.5 Å². The van der Waals surface area contributed by atoms with Crippen molar-refractivity contribution in [3.63, 3.8) is 0 Å². The van der Waals surface area contributed by atoms with Crippen molar-refractivity contribution in [1.29, 1.82) is 0 Å². The van der Waals surface area contributed by atoms with Crippen LogP contribution in [0.2, 0.25) is 0 Å². The van der Waals surface area contributed by atoms with E-state index in [0.29, 0.717) is 31.2 Å². The molecule has 0 atom stereocenters. The zero-order valence-corrected chi connectivity index (χ0v) is 21.7. The van der Waals surface area contributed by atoms with E-state index in [1.165, 1.54) is 0 Å². The fourth-order valence-electron chi connectivity index (χ4n) is 3.52. The minimum absolute atomic E-state index is 0. The number of ether oxygens (including phenoxy) is 1. The Bertz CT molecular complexity index is 906. The van der Waals surface area contributed by atoms with Gasteiger partial charge in [0.25, 0.3) is 0 Å². The predicted octanol–water partition coefficient (Wildman–Crippen LogP) is 3.62. The number of guanidine groups is 1. The summed E-state index contributed by atoms with van der Waals surface area (Å²) in [5.41, 5.74) is 2.68. The summed E-state index contributed by atoms with van der Waals surface area (Å²) >= 11 is 0. The van der Waals surface area contributed by atoms with E-state index >= 15 is 0 Å². The Labute approximate surface area is 211 Å². The van der Waals surface area contributed by atoms with Gasteiger partial charge >= 0.3 is 6.61 Å². The van der Waals surface area contributed by atoms with Crippen LogP contribution >= 0.6 is 24.0 Å². The van der Waals surface area contributed by atoms with E-state index in [1.807, 2.05) is 32.2 Å². The topological polar surface area (TPSA) is 65.0 Å². The lowest BCUT2D eigenvalue weighted by atomic mass is 10.1. The maximum Gasteiger partial charge on any atom is 0.387 e. The monoisotopic (exact) mass is 574 g/mol. The number of likely N-dealkylation sites (N-methyl/N-ethyl adjacent to an activating group) is 1. The lowest BCUT2D eigenvalue weighted by molar-refractivity contribution is -0.0504. The highest BCUT2D eigenvalue weighted by molar-refractivity contribution is 14.0. The van der Waals surface area contributed by atoms with E-state index in [0.717, 1.165) is 43.1 Å². The van der Waals surface area contributed by atoms with E-state index < -0.39 is 6.61 Å². The van der Waals surface area contributed by atoms with Crippen molar-refractivity contribution in [2.75, 3.05) is 44.7 Å². The first kappa shape index (κ1) is 27.0. The Balaban J connectivity index is 0.00000385. The molecule has 2 aromatic rings. The molecule has 10 heteroatoms. The highest BCUT2D eigenvalue weighted by atomic mass is 127. The van der Waals surface area contributed by atoms with E-state index in [-0.39, 0.29) is 29.7 Å². The third-order valence-corrected chi connectivity index (χ3v) is 5.28. The van der Waals surface area contributed by atoms with Crippen molar-refractivity contribution in [3.05, 3.63) is 53.2 Å². The first-order valence-electron chi connectivity index (χ1n) is 10.9. The van der Waals surface area contributed by atoms with Gasteiger partial charge in [0.2, 0.25) is 0 Å². The summed E-state index contributed by atoms with van der Waals surface area (Å²) in [6, 6.07) is 9.19. The number of nitrogens with one attached hydrogen (secondary N) is 2. The molecule has 1 aromatic heterocycles. The Morgan fingerprint density at radius 3 is 2.61 bits per heavy atom. The van der Waals surface area contributed by atoms with Crippen molar-refractivity contribution in [3.8, 4) is 5.75 Å². The molecule has 2 heterocycles. The SMILES string of the molecule is CCNC(=NCc1ccnc(N2CCN(C)CC2)c1)NCc1cc(C)ccc1OC(F)F.I. The number of pyridine rings is 1. The standard InChI is InChI=1S/C23H32F2N6O.HI/c1-4-26-23(29-16-19-13-17(2)5-6-20(19)32-22(24)25)28-15-18-7-8-27-21(14-18)31-11-9-30(3)10-12-31;/h5-8,13-14,22H,4,9-12,15-16H2,1-3H3,(H2,26,28,29);1H. The molecule has 3 rings (SSSR count). The molecule has 1 aromatic carbocycles. The molecule has 0 saturated carbocycles. The molecule has 33 heavy (non-hydrogen) atoms. The van der Waals surface area contributed by atoms with E-state index in [9.17, 15) is 8.78 Å². The summed E-state index contributed by atoms with van der Waals surface area (Å²) in [5, 5.41) is 6.41. The van der Waals surface area contributed by atoms with Gasteiger partial charge in [-0.1, -0.05) is 17.7 Å². The van der Waals surface area contributed by atoms with Gasteiger partial charge in [-0.05, 0) is 44.7 Å². The number of anilines is 1. The molecule has 2 N–H and O–H groups in total. The first-order valence-corrected chi connectivity index (χ1v) is 10.9.